The van der Waals surface area contributed by atoms with Gasteiger partial charge in [0, 0.05) is 24.6 Å². The molecule has 0 amide bonds. The molecule has 1 aromatic rings. The minimum absolute atomic E-state index is 0.828. The highest BCUT2D eigenvalue weighted by Crippen LogP contribution is 2.28. The van der Waals surface area contributed by atoms with Crippen LogP contribution in [0.25, 0.3) is 0 Å². The smallest absolute Gasteiger partial charge is 0.0798 e. The van der Waals surface area contributed by atoms with Gasteiger partial charge in [0.25, 0.3) is 0 Å². The van der Waals surface area contributed by atoms with E-state index in [1.807, 2.05) is 5.51 Å². The number of nitrogens with zero attached hydrogens (tertiary/aromatic N) is 1. The Balaban J connectivity index is 1.49. The van der Waals surface area contributed by atoms with Gasteiger partial charge in [-0.1, -0.05) is 0 Å². The average molecular weight is 226 g/mol. The van der Waals surface area contributed by atoms with Crippen LogP contribution in [0.4, 0.5) is 0 Å². The predicted octanol–water partition coefficient (Wildman–Crippen LogP) is 1.97. The molecule has 4 heteroatoms. The standard InChI is InChI=1S/C11H18N2OS/c1-9-11(15-8-13-9)6-12-4-5-14-7-10-2-3-10/h8,10,12H,2-7H2,1H3. The quantitative estimate of drug-likeness (QED) is 0.722. The highest BCUT2D eigenvalue weighted by molar-refractivity contribution is 7.09. The van der Waals surface area contributed by atoms with Crippen molar-refractivity contribution in [1.82, 2.24) is 10.3 Å². The second-order valence-corrected chi connectivity index (χ2v) is 5.00. The second-order valence-electron chi connectivity index (χ2n) is 4.06. The van der Waals surface area contributed by atoms with Crippen molar-refractivity contribution in [2.24, 2.45) is 5.92 Å². The summed E-state index contributed by atoms with van der Waals surface area (Å²) in [6.45, 7) is 5.69. The van der Waals surface area contributed by atoms with E-state index in [9.17, 15) is 0 Å². The number of nitrogens with one attached hydrogen (secondary N) is 1. The summed E-state index contributed by atoms with van der Waals surface area (Å²) in [7, 11) is 0. The molecule has 1 fully saturated rings. The molecule has 1 heterocycles. The summed E-state index contributed by atoms with van der Waals surface area (Å²) in [5.41, 5.74) is 3.04. The first-order valence-corrected chi connectivity index (χ1v) is 6.41. The number of thiazole rings is 1. The molecule has 15 heavy (non-hydrogen) atoms. The molecule has 2 rings (SSSR count). The lowest BCUT2D eigenvalue weighted by molar-refractivity contribution is 0.126. The summed E-state index contributed by atoms with van der Waals surface area (Å²) < 4.78 is 5.53. The first-order chi connectivity index (χ1) is 7.36. The van der Waals surface area contributed by atoms with Gasteiger partial charge in [-0.15, -0.1) is 11.3 Å². The van der Waals surface area contributed by atoms with Crippen molar-refractivity contribution in [1.29, 1.82) is 0 Å². The van der Waals surface area contributed by atoms with E-state index < -0.39 is 0 Å². The van der Waals surface area contributed by atoms with Crippen molar-refractivity contribution in [2.45, 2.75) is 26.3 Å². The molecule has 3 nitrogen and oxygen atoms in total. The van der Waals surface area contributed by atoms with Crippen LogP contribution in [0.3, 0.4) is 0 Å². The summed E-state index contributed by atoms with van der Waals surface area (Å²) in [5, 5.41) is 3.37. The van der Waals surface area contributed by atoms with Crippen molar-refractivity contribution in [3.63, 3.8) is 0 Å². The second kappa shape index (κ2) is 5.58. The molecule has 0 bridgehead atoms. The van der Waals surface area contributed by atoms with E-state index in [1.54, 1.807) is 11.3 Å². The number of rotatable bonds is 7. The van der Waals surface area contributed by atoms with Gasteiger partial charge in [0.2, 0.25) is 0 Å². The first kappa shape index (κ1) is 11.0. The average Bonchev–Trinajstić information content (AvgIpc) is 2.96. The Kier molecular flexibility index (Phi) is 4.11. The Morgan fingerprint density at radius 2 is 2.47 bits per heavy atom. The van der Waals surface area contributed by atoms with E-state index in [4.69, 9.17) is 4.74 Å². The van der Waals surface area contributed by atoms with Crippen molar-refractivity contribution >= 4 is 11.3 Å². The maximum Gasteiger partial charge on any atom is 0.0798 e. The van der Waals surface area contributed by atoms with Gasteiger partial charge in [-0.2, -0.15) is 0 Å². The zero-order valence-corrected chi connectivity index (χ0v) is 9.98. The van der Waals surface area contributed by atoms with Crippen LogP contribution in [0.15, 0.2) is 5.51 Å². The van der Waals surface area contributed by atoms with E-state index >= 15 is 0 Å². The number of aryl methyl sites for hydroxylation is 1. The molecule has 1 aliphatic carbocycles. The summed E-state index contributed by atoms with van der Waals surface area (Å²) in [6.07, 6.45) is 2.74. The summed E-state index contributed by atoms with van der Waals surface area (Å²) in [4.78, 5) is 5.54. The number of ether oxygens (including phenoxy) is 1. The summed E-state index contributed by atoms with van der Waals surface area (Å²) in [6, 6.07) is 0. The van der Waals surface area contributed by atoms with Crippen molar-refractivity contribution < 1.29 is 4.74 Å². The third-order valence-electron chi connectivity index (χ3n) is 2.60. The molecule has 1 saturated carbocycles. The zero-order valence-electron chi connectivity index (χ0n) is 9.16. The van der Waals surface area contributed by atoms with Gasteiger partial charge >= 0.3 is 0 Å². The van der Waals surface area contributed by atoms with Crippen LogP contribution in [-0.2, 0) is 11.3 Å². The minimum atomic E-state index is 0.828. The highest BCUT2D eigenvalue weighted by atomic mass is 32.1. The molecule has 0 unspecified atom stereocenters. The van der Waals surface area contributed by atoms with Crippen LogP contribution >= 0.6 is 11.3 Å². The minimum Gasteiger partial charge on any atom is -0.380 e. The van der Waals surface area contributed by atoms with E-state index in [1.165, 1.54) is 17.7 Å². The Morgan fingerprint density at radius 1 is 1.60 bits per heavy atom. The highest BCUT2D eigenvalue weighted by Gasteiger charge is 2.20. The van der Waals surface area contributed by atoms with Gasteiger partial charge in [0.05, 0.1) is 17.8 Å². The fourth-order valence-electron chi connectivity index (χ4n) is 1.38. The van der Waals surface area contributed by atoms with Crippen LogP contribution in [0, 0.1) is 12.8 Å². The molecule has 0 atom stereocenters. The molecular weight excluding hydrogens is 208 g/mol. The molecule has 0 radical (unpaired) electrons. The lowest BCUT2D eigenvalue weighted by atomic mass is 10.4. The Bertz CT molecular complexity index is 297. The van der Waals surface area contributed by atoms with Crippen molar-refractivity contribution in [2.75, 3.05) is 19.8 Å². The van der Waals surface area contributed by atoms with Crippen LogP contribution < -0.4 is 5.32 Å². The number of aromatic nitrogens is 1. The van der Waals surface area contributed by atoms with Crippen LogP contribution in [0.1, 0.15) is 23.4 Å². The third kappa shape index (κ3) is 3.89. The maximum absolute atomic E-state index is 5.53. The first-order valence-electron chi connectivity index (χ1n) is 5.53. The van der Waals surface area contributed by atoms with Crippen LogP contribution in [0.5, 0.6) is 0 Å². The van der Waals surface area contributed by atoms with Crippen LogP contribution in [-0.4, -0.2) is 24.7 Å². The van der Waals surface area contributed by atoms with Gasteiger partial charge < -0.3 is 10.1 Å². The molecule has 1 aliphatic rings. The maximum atomic E-state index is 5.53. The van der Waals surface area contributed by atoms with Gasteiger partial charge in [-0.05, 0) is 25.7 Å². The molecule has 0 spiro atoms. The largest absolute Gasteiger partial charge is 0.380 e. The van der Waals surface area contributed by atoms with Gasteiger partial charge in [-0.3, -0.25) is 0 Å². The number of hydrogen-bond donors (Lipinski definition) is 1. The molecule has 0 aromatic carbocycles. The fraction of sp³-hybridized carbons (Fsp3) is 0.727. The lowest BCUT2D eigenvalue weighted by Crippen LogP contribution is -2.19. The normalized spacial score (nSPS) is 15.8. The Hall–Kier alpha value is -0.450. The van der Waals surface area contributed by atoms with Gasteiger partial charge in [0.15, 0.2) is 0 Å². The predicted molar refractivity (Wildman–Crippen MR) is 62.1 cm³/mol. The summed E-state index contributed by atoms with van der Waals surface area (Å²) >= 11 is 1.71. The van der Waals surface area contributed by atoms with E-state index in [0.29, 0.717) is 0 Å². The van der Waals surface area contributed by atoms with Gasteiger partial charge in [0.1, 0.15) is 0 Å². The topological polar surface area (TPSA) is 34.2 Å². The van der Waals surface area contributed by atoms with Gasteiger partial charge in [-0.25, -0.2) is 4.98 Å². The fourth-order valence-corrected chi connectivity index (χ4v) is 2.12. The SMILES string of the molecule is Cc1ncsc1CNCCOCC1CC1. The lowest BCUT2D eigenvalue weighted by Gasteiger charge is -2.04. The summed E-state index contributed by atoms with van der Waals surface area (Å²) in [5.74, 6) is 0.869. The molecule has 0 aliphatic heterocycles. The molecule has 84 valence electrons. The molecule has 1 aromatic heterocycles. The Morgan fingerprint density at radius 3 is 3.13 bits per heavy atom. The van der Waals surface area contributed by atoms with Crippen LogP contribution in [0.2, 0.25) is 0 Å². The monoisotopic (exact) mass is 226 g/mol. The molecule has 1 N–H and O–H groups in total. The van der Waals surface area contributed by atoms with E-state index in [0.717, 1.165) is 37.9 Å². The van der Waals surface area contributed by atoms with Crippen molar-refractivity contribution in [3.8, 4) is 0 Å². The van der Waals surface area contributed by atoms with E-state index in [-0.39, 0.29) is 0 Å². The zero-order chi connectivity index (χ0) is 10.5. The third-order valence-corrected chi connectivity index (χ3v) is 3.54. The van der Waals surface area contributed by atoms with Crippen molar-refractivity contribution in [3.05, 3.63) is 16.1 Å². The number of hydrogen-bond acceptors (Lipinski definition) is 4. The molecular formula is C11H18N2OS. The Labute approximate surface area is 94.9 Å². The molecule has 0 saturated heterocycles. The van der Waals surface area contributed by atoms with E-state index in [2.05, 4.69) is 17.2 Å².